The Labute approximate surface area is 97.7 Å². The molecule has 0 radical (unpaired) electrons. The molecule has 0 aliphatic heterocycles. The monoisotopic (exact) mass is 210 g/mol. The Balaban J connectivity index is 2.05. The summed E-state index contributed by atoms with van der Waals surface area (Å²) in [5.74, 6) is 0.822. The fourth-order valence-corrected chi connectivity index (χ4v) is 2.97. The minimum Gasteiger partial charge on any atom is -0.0835 e. The second kappa shape index (κ2) is 3.93. The van der Waals surface area contributed by atoms with Crippen molar-refractivity contribution in [2.75, 3.05) is 0 Å². The highest BCUT2D eigenvalue weighted by Crippen LogP contribution is 2.47. The lowest BCUT2D eigenvalue weighted by molar-refractivity contribution is 0.238. The van der Waals surface area contributed by atoms with Gasteiger partial charge in [0.15, 0.2) is 0 Å². The molecule has 0 amide bonds. The zero-order valence-electron chi connectivity index (χ0n) is 9.60. The van der Waals surface area contributed by atoms with Crippen molar-refractivity contribution in [1.29, 1.82) is 0 Å². The lowest BCUT2D eigenvalue weighted by Gasteiger charge is -2.43. The highest BCUT2D eigenvalue weighted by molar-refractivity contribution is 5.40. The average Bonchev–Trinajstić information content (AvgIpc) is 2.29. The summed E-state index contributed by atoms with van der Waals surface area (Å²) in [6.07, 6.45) is 14.8. The standard InChI is InChI=1S/C16H18/c1-3-8-14(9-4-1)16(15-10-7-11-15)12-5-2-6-13-16/h1,3-6,8-9,12-13,15H,2,7,10-11H2. The van der Waals surface area contributed by atoms with E-state index in [1.54, 1.807) is 0 Å². The molecule has 1 fully saturated rings. The molecule has 3 rings (SSSR count). The first-order chi connectivity index (χ1) is 7.92. The van der Waals surface area contributed by atoms with Gasteiger partial charge in [-0.25, -0.2) is 0 Å². The highest BCUT2D eigenvalue weighted by atomic mass is 14.4. The van der Waals surface area contributed by atoms with Crippen LogP contribution in [0.3, 0.4) is 0 Å². The summed E-state index contributed by atoms with van der Waals surface area (Å²) in [5.41, 5.74) is 1.67. The quantitative estimate of drug-likeness (QED) is 0.640. The Morgan fingerprint density at radius 3 is 2.19 bits per heavy atom. The maximum absolute atomic E-state index is 2.44. The van der Waals surface area contributed by atoms with E-state index in [9.17, 15) is 0 Å². The molecule has 2 aliphatic rings. The van der Waals surface area contributed by atoms with Crippen LogP contribution in [0.25, 0.3) is 0 Å². The van der Waals surface area contributed by atoms with Gasteiger partial charge in [-0.05, 0) is 30.7 Å². The van der Waals surface area contributed by atoms with Crippen LogP contribution in [0.5, 0.6) is 0 Å². The first-order valence-corrected chi connectivity index (χ1v) is 6.33. The van der Waals surface area contributed by atoms with Crippen LogP contribution in [-0.2, 0) is 5.41 Å². The van der Waals surface area contributed by atoms with Gasteiger partial charge in [-0.3, -0.25) is 0 Å². The van der Waals surface area contributed by atoms with E-state index in [4.69, 9.17) is 0 Å². The summed E-state index contributed by atoms with van der Waals surface area (Å²) in [7, 11) is 0. The molecule has 0 saturated heterocycles. The molecular formula is C16H18. The first kappa shape index (κ1) is 9.89. The lowest BCUT2D eigenvalue weighted by atomic mass is 9.61. The van der Waals surface area contributed by atoms with Gasteiger partial charge < -0.3 is 0 Å². The van der Waals surface area contributed by atoms with Gasteiger partial charge in [0.25, 0.3) is 0 Å². The van der Waals surface area contributed by atoms with Gasteiger partial charge in [0, 0.05) is 5.41 Å². The van der Waals surface area contributed by atoms with Crippen molar-refractivity contribution in [2.45, 2.75) is 31.1 Å². The largest absolute Gasteiger partial charge is 0.0835 e. The van der Waals surface area contributed by atoms with Crippen molar-refractivity contribution < 1.29 is 0 Å². The van der Waals surface area contributed by atoms with Crippen LogP contribution in [0.4, 0.5) is 0 Å². The van der Waals surface area contributed by atoms with Gasteiger partial charge in [-0.2, -0.15) is 0 Å². The minimum absolute atomic E-state index is 0.206. The number of benzene rings is 1. The number of hydrogen-bond acceptors (Lipinski definition) is 0. The molecule has 0 aromatic heterocycles. The Morgan fingerprint density at radius 2 is 1.62 bits per heavy atom. The van der Waals surface area contributed by atoms with Gasteiger partial charge in [-0.1, -0.05) is 61.1 Å². The third-order valence-electron chi connectivity index (χ3n) is 4.11. The molecule has 16 heavy (non-hydrogen) atoms. The van der Waals surface area contributed by atoms with E-state index < -0.39 is 0 Å². The number of allylic oxidation sites excluding steroid dienone is 4. The van der Waals surface area contributed by atoms with Crippen LogP contribution in [-0.4, -0.2) is 0 Å². The third kappa shape index (κ3) is 1.44. The molecule has 0 N–H and O–H groups in total. The molecule has 1 saturated carbocycles. The molecule has 0 unspecified atom stereocenters. The normalized spacial score (nSPS) is 23.0. The van der Waals surface area contributed by atoms with E-state index in [1.165, 1.54) is 24.8 Å². The maximum Gasteiger partial charge on any atom is 0.0340 e. The number of rotatable bonds is 2. The predicted octanol–water partition coefficient (Wildman–Crippen LogP) is 4.24. The highest BCUT2D eigenvalue weighted by Gasteiger charge is 2.39. The van der Waals surface area contributed by atoms with Crippen molar-refractivity contribution in [2.24, 2.45) is 5.92 Å². The summed E-state index contributed by atoms with van der Waals surface area (Å²) in [5, 5.41) is 0. The van der Waals surface area contributed by atoms with Crippen LogP contribution in [0.2, 0.25) is 0 Å². The van der Waals surface area contributed by atoms with E-state index >= 15 is 0 Å². The molecule has 1 aromatic rings. The van der Waals surface area contributed by atoms with Crippen LogP contribution in [0.1, 0.15) is 31.2 Å². The van der Waals surface area contributed by atoms with Crippen molar-refractivity contribution >= 4 is 0 Å². The summed E-state index contributed by atoms with van der Waals surface area (Å²) in [6.45, 7) is 0. The summed E-state index contributed by atoms with van der Waals surface area (Å²) < 4.78 is 0. The van der Waals surface area contributed by atoms with Crippen LogP contribution < -0.4 is 0 Å². The molecule has 0 bridgehead atoms. The van der Waals surface area contributed by atoms with Gasteiger partial charge in [0.05, 0.1) is 0 Å². The third-order valence-corrected chi connectivity index (χ3v) is 4.11. The molecule has 2 aliphatic carbocycles. The predicted molar refractivity (Wildman–Crippen MR) is 68.4 cm³/mol. The van der Waals surface area contributed by atoms with Crippen molar-refractivity contribution in [1.82, 2.24) is 0 Å². The van der Waals surface area contributed by atoms with Crippen LogP contribution in [0, 0.1) is 5.92 Å². The average molecular weight is 210 g/mol. The Morgan fingerprint density at radius 1 is 0.938 bits per heavy atom. The summed E-state index contributed by atoms with van der Waals surface area (Å²) >= 11 is 0. The van der Waals surface area contributed by atoms with E-state index in [0.717, 1.165) is 12.3 Å². The fourth-order valence-electron chi connectivity index (χ4n) is 2.97. The van der Waals surface area contributed by atoms with Crippen molar-refractivity contribution in [3.8, 4) is 0 Å². The second-order valence-corrected chi connectivity index (χ2v) is 4.97. The Hall–Kier alpha value is -1.30. The summed E-state index contributed by atoms with van der Waals surface area (Å²) in [6, 6.07) is 11.0. The molecule has 0 heterocycles. The summed E-state index contributed by atoms with van der Waals surface area (Å²) in [4.78, 5) is 0. The molecule has 0 nitrogen and oxygen atoms in total. The van der Waals surface area contributed by atoms with Crippen LogP contribution >= 0.6 is 0 Å². The van der Waals surface area contributed by atoms with E-state index in [1.807, 2.05) is 0 Å². The molecule has 0 spiro atoms. The Kier molecular flexibility index (Phi) is 2.43. The molecular weight excluding hydrogens is 192 g/mol. The van der Waals surface area contributed by atoms with Crippen molar-refractivity contribution in [3.63, 3.8) is 0 Å². The van der Waals surface area contributed by atoms with E-state index in [2.05, 4.69) is 54.6 Å². The van der Waals surface area contributed by atoms with Gasteiger partial charge in [-0.15, -0.1) is 0 Å². The van der Waals surface area contributed by atoms with Gasteiger partial charge >= 0.3 is 0 Å². The van der Waals surface area contributed by atoms with Crippen LogP contribution in [0.15, 0.2) is 54.6 Å². The molecule has 82 valence electrons. The molecule has 1 aromatic carbocycles. The topological polar surface area (TPSA) is 0 Å². The van der Waals surface area contributed by atoms with E-state index in [0.29, 0.717) is 0 Å². The zero-order valence-corrected chi connectivity index (χ0v) is 9.60. The molecule has 0 heteroatoms. The van der Waals surface area contributed by atoms with Gasteiger partial charge in [0.2, 0.25) is 0 Å². The smallest absolute Gasteiger partial charge is 0.0340 e. The first-order valence-electron chi connectivity index (χ1n) is 6.33. The fraction of sp³-hybridized carbons (Fsp3) is 0.375. The Bertz CT molecular complexity index is 395. The zero-order chi connectivity index (χ0) is 10.8. The van der Waals surface area contributed by atoms with Gasteiger partial charge in [0.1, 0.15) is 0 Å². The maximum atomic E-state index is 2.44. The molecule has 0 atom stereocenters. The lowest BCUT2D eigenvalue weighted by Crippen LogP contribution is -2.36. The minimum atomic E-state index is 0.206. The van der Waals surface area contributed by atoms with E-state index in [-0.39, 0.29) is 5.41 Å². The number of hydrogen-bond donors (Lipinski definition) is 0. The SMILES string of the molecule is C1=CC(c2ccccc2)(C2CCC2)C=CC1. The van der Waals surface area contributed by atoms with Crippen molar-refractivity contribution in [3.05, 3.63) is 60.2 Å². The second-order valence-electron chi connectivity index (χ2n) is 4.97.